The molecule has 27 heavy (non-hydrogen) atoms. The van der Waals surface area contributed by atoms with Gasteiger partial charge in [0.15, 0.2) is 11.5 Å². The van der Waals surface area contributed by atoms with Gasteiger partial charge in [0, 0.05) is 38.0 Å². The zero-order valence-electron chi connectivity index (χ0n) is 15.1. The Morgan fingerprint density at radius 1 is 1.11 bits per heavy atom. The Morgan fingerprint density at radius 3 is 2.63 bits per heavy atom. The number of benzene rings is 1. The maximum atomic E-state index is 14.2. The van der Waals surface area contributed by atoms with Crippen molar-refractivity contribution in [2.75, 3.05) is 19.0 Å². The van der Waals surface area contributed by atoms with Gasteiger partial charge in [-0.25, -0.2) is 14.4 Å². The molecule has 3 aromatic heterocycles. The van der Waals surface area contributed by atoms with Crippen LogP contribution in [0.25, 0.3) is 33.8 Å². The zero-order valence-corrected chi connectivity index (χ0v) is 15.1. The Hall–Kier alpha value is -3.32. The Morgan fingerprint density at radius 2 is 1.96 bits per heavy atom. The fourth-order valence-corrected chi connectivity index (χ4v) is 2.94. The van der Waals surface area contributed by atoms with Crippen molar-refractivity contribution in [1.29, 1.82) is 0 Å². The molecular weight excluding hydrogens is 343 g/mol. The molecule has 0 aliphatic rings. The number of nitrogens with two attached hydrogens (primary N) is 1. The number of rotatable bonds is 4. The van der Waals surface area contributed by atoms with Crippen LogP contribution in [0.2, 0.25) is 0 Å². The number of hydrogen-bond acceptors (Lipinski definition) is 5. The maximum Gasteiger partial charge on any atom is 0.178 e. The summed E-state index contributed by atoms with van der Waals surface area (Å²) in [4.78, 5) is 18.6. The Labute approximate surface area is 155 Å². The van der Waals surface area contributed by atoms with Crippen LogP contribution in [-0.2, 0) is 6.54 Å². The molecule has 3 N–H and O–H groups in total. The van der Waals surface area contributed by atoms with Crippen LogP contribution in [0, 0.1) is 5.82 Å². The second-order valence-electron chi connectivity index (χ2n) is 6.45. The fraction of sp³-hybridized carbons (Fsp3) is 0.150. The third-order valence-corrected chi connectivity index (χ3v) is 4.48. The second-order valence-corrected chi connectivity index (χ2v) is 6.45. The summed E-state index contributed by atoms with van der Waals surface area (Å²) in [5, 5.41) is 0. The topological polar surface area (TPSA) is 83.7 Å². The summed E-state index contributed by atoms with van der Waals surface area (Å²) in [5.41, 5.74) is 10.6. The predicted octanol–water partition coefficient (Wildman–Crippen LogP) is 3.35. The molecule has 3 heterocycles. The molecule has 0 radical (unpaired) electrons. The summed E-state index contributed by atoms with van der Waals surface area (Å²) >= 11 is 0. The summed E-state index contributed by atoms with van der Waals surface area (Å²) in [6.45, 7) is 0.167. The van der Waals surface area contributed by atoms with Crippen LogP contribution in [0.3, 0.4) is 0 Å². The Kier molecular flexibility index (Phi) is 4.29. The molecule has 0 saturated carbocycles. The van der Waals surface area contributed by atoms with Gasteiger partial charge in [-0.15, -0.1) is 0 Å². The summed E-state index contributed by atoms with van der Waals surface area (Å²) in [6, 6.07) is 10.8. The highest BCUT2D eigenvalue weighted by molar-refractivity contribution is 5.91. The lowest BCUT2D eigenvalue weighted by molar-refractivity contribution is 0.611. The minimum atomic E-state index is -0.319. The summed E-state index contributed by atoms with van der Waals surface area (Å²) in [5.74, 6) is 0.301. The number of anilines is 1. The molecule has 0 amide bonds. The van der Waals surface area contributed by atoms with Crippen LogP contribution in [0.15, 0.2) is 48.8 Å². The van der Waals surface area contributed by atoms with Crippen molar-refractivity contribution < 1.29 is 4.39 Å². The third-order valence-electron chi connectivity index (χ3n) is 4.48. The number of imidazole rings is 1. The molecule has 0 fully saturated rings. The number of fused-ring (bicyclic) bond motifs is 1. The van der Waals surface area contributed by atoms with Crippen molar-refractivity contribution in [2.45, 2.75) is 6.54 Å². The minimum Gasteiger partial charge on any atom is -0.376 e. The molecule has 7 heteroatoms. The average molecular weight is 362 g/mol. The minimum absolute atomic E-state index is 0.167. The molecule has 4 rings (SSSR count). The van der Waals surface area contributed by atoms with Gasteiger partial charge >= 0.3 is 0 Å². The summed E-state index contributed by atoms with van der Waals surface area (Å²) in [7, 11) is 3.92. The van der Waals surface area contributed by atoms with Gasteiger partial charge in [-0.2, -0.15) is 0 Å². The molecule has 4 aromatic rings. The molecule has 0 aliphatic heterocycles. The van der Waals surface area contributed by atoms with Gasteiger partial charge in [0.1, 0.15) is 11.5 Å². The quantitative estimate of drug-likeness (QED) is 0.582. The number of aromatic nitrogens is 4. The molecule has 0 saturated heterocycles. The smallest absolute Gasteiger partial charge is 0.178 e. The summed E-state index contributed by atoms with van der Waals surface area (Å²) in [6.07, 6.45) is 3.46. The van der Waals surface area contributed by atoms with Crippen molar-refractivity contribution in [3.05, 3.63) is 60.2 Å². The number of aromatic amines is 1. The highest BCUT2D eigenvalue weighted by Crippen LogP contribution is 2.29. The number of hydrogen-bond donors (Lipinski definition) is 2. The summed E-state index contributed by atoms with van der Waals surface area (Å²) < 4.78 is 14.2. The van der Waals surface area contributed by atoms with Crippen LogP contribution in [0.1, 0.15) is 5.56 Å². The van der Waals surface area contributed by atoms with E-state index in [1.165, 1.54) is 6.07 Å². The SMILES string of the molecule is CN(C)c1ccc(-c2nc3nccc(-c4ccc(CN)c(F)c4)c3[nH]2)nc1. The van der Waals surface area contributed by atoms with E-state index in [1.807, 2.05) is 43.3 Å². The number of pyridine rings is 2. The molecule has 0 bridgehead atoms. The van der Waals surface area contributed by atoms with Crippen LogP contribution in [-0.4, -0.2) is 34.0 Å². The van der Waals surface area contributed by atoms with Crippen molar-refractivity contribution in [2.24, 2.45) is 5.73 Å². The van der Waals surface area contributed by atoms with E-state index in [0.29, 0.717) is 22.7 Å². The molecule has 136 valence electrons. The van der Waals surface area contributed by atoms with E-state index in [9.17, 15) is 4.39 Å². The van der Waals surface area contributed by atoms with Gasteiger partial charge in [-0.3, -0.25) is 4.98 Å². The van der Waals surface area contributed by atoms with Crippen LogP contribution >= 0.6 is 0 Å². The predicted molar refractivity (Wildman–Crippen MR) is 105 cm³/mol. The van der Waals surface area contributed by atoms with E-state index in [2.05, 4.69) is 19.9 Å². The van der Waals surface area contributed by atoms with E-state index >= 15 is 0 Å². The lowest BCUT2D eigenvalue weighted by atomic mass is 10.0. The Bertz CT molecular complexity index is 1100. The van der Waals surface area contributed by atoms with E-state index in [0.717, 1.165) is 22.3 Å². The van der Waals surface area contributed by atoms with Crippen molar-refractivity contribution in [3.8, 4) is 22.6 Å². The first kappa shape index (κ1) is 17.1. The molecule has 0 unspecified atom stereocenters. The van der Waals surface area contributed by atoms with Gasteiger partial charge in [-0.05, 0) is 29.8 Å². The fourth-order valence-electron chi connectivity index (χ4n) is 2.94. The van der Waals surface area contributed by atoms with E-state index in [4.69, 9.17) is 5.73 Å². The lowest BCUT2D eigenvalue weighted by Gasteiger charge is -2.11. The monoisotopic (exact) mass is 362 g/mol. The second kappa shape index (κ2) is 6.77. The van der Waals surface area contributed by atoms with E-state index < -0.39 is 0 Å². The standard InChI is InChI=1S/C20H19FN6/c1-27(2)14-5-6-17(24-11-14)19-25-18-15(7-8-23-20(18)26-19)12-3-4-13(10-22)16(21)9-12/h3-9,11H,10,22H2,1-2H3,(H,23,25,26). The first-order valence-corrected chi connectivity index (χ1v) is 8.54. The molecule has 0 spiro atoms. The molecule has 1 aromatic carbocycles. The normalized spacial score (nSPS) is 11.1. The Balaban J connectivity index is 1.79. The first-order chi connectivity index (χ1) is 13.1. The molecule has 6 nitrogen and oxygen atoms in total. The third kappa shape index (κ3) is 3.13. The van der Waals surface area contributed by atoms with Crippen molar-refractivity contribution in [1.82, 2.24) is 19.9 Å². The van der Waals surface area contributed by atoms with Crippen molar-refractivity contribution in [3.63, 3.8) is 0 Å². The van der Waals surface area contributed by atoms with E-state index in [-0.39, 0.29) is 12.4 Å². The zero-order chi connectivity index (χ0) is 19.0. The molecule has 0 aliphatic carbocycles. The van der Waals surface area contributed by atoms with Crippen molar-refractivity contribution >= 4 is 16.9 Å². The van der Waals surface area contributed by atoms with Gasteiger partial charge < -0.3 is 15.6 Å². The van der Waals surface area contributed by atoms with Gasteiger partial charge in [0.2, 0.25) is 0 Å². The first-order valence-electron chi connectivity index (χ1n) is 8.54. The highest BCUT2D eigenvalue weighted by Gasteiger charge is 2.13. The maximum absolute atomic E-state index is 14.2. The molecule has 0 atom stereocenters. The number of halogens is 1. The molecular formula is C20H19FN6. The van der Waals surface area contributed by atoms with Crippen LogP contribution in [0.4, 0.5) is 10.1 Å². The average Bonchev–Trinajstić information content (AvgIpc) is 3.12. The van der Waals surface area contributed by atoms with E-state index in [1.54, 1.807) is 18.5 Å². The largest absolute Gasteiger partial charge is 0.376 e. The van der Waals surface area contributed by atoms with Crippen LogP contribution < -0.4 is 10.6 Å². The highest BCUT2D eigenvalue weighted by atomic mass is 19.1. The van der Waals surface area contributed by atoms with Gasteiger partial charge in [0.05, 0.1) is 17.4 Å². The lowest BCUT2D eigenvalue weighted by Crippen LogP contribution is -2.08. The number of nitrogens with zero attached hydrogens (tertiary/aromatic N) is 4. The number of nitrogens with one attached hydrogen (secondary N) is 1. The van der Waals surface area contributed by atoms with Gasteiger partial charge in [-0.1, -0.05) is 12.1 Å². The van der Waals surface area contributed by atoms with Crippen LogP contribution in [0.5, 0.6) is 0 Å². The van der Waals surface area contributed by atoms with Gasteiger partial charge in [0.25, 0.3) is 0 Å². The number of H-pyrrole nitrogens is 1.